The van der Waals surface area contributed by atoms with E-state index in [4.69, 9.17) is 18.9 Å². The Labute approximate surface area is 227 Å². The molecule has 11 nitrogen and oxygen atoms in total. The summed E-state index contributed by atoms with van der Waals surface area (Å²) >= 11 is 0. The highest BCUT2D eigenvalue weighted by atomic mass is 16.7. The maximum absolute atomic E-state index is 12.8. The third kappa shape index (κ3) is 4.41. The van der Waals surface area contributed by atoms with E-state index in [9.17, 15) is 24.6 Å². The van der Waals surface area contributed by atoms with Gasteiger partial charge in [-0.15, -0.1) is 0 Å². The number of carbonyl (C=O) groups is 3. The van der Waals surface area contributed by atoms with Gasteiger partial charge < -0.3 is 39.4 Å². The molecule has 5 atom stereocenters. The van der Waals surface area contributed by atoms with Gasteiger partial charge in [-0.1, -0.05) is 6.07 Å². The van der Waals surface area contributed by atoms with Gasteiger partial charge in [0.25, 0.3) is 5.91 Å². The highest BCUT2D eigenvalue weighted by Crippen LogP contribution is 2.65. The number of likely N-dealkylation sites (N-methyl/N-ethyl adjacent to an activating group) is 1. The zero-order valence-corrected chi connectivity index (χ0v) is 22.9. The van der Waals surface area contributed by atoms with E-state index in [0.29, 0.717) is 24.4 Å². The van der Waals surface area contributed by atoms with Crippen LogP contribution in [0.25, 0.3) is 0 Å². The fourth-order valence-electron chi connectivity index (χ4n) is 6.52. The van der Waals surface area contributed by atoms with Gasteiger partial charge >= 0.3 is 12.1 Å². The van der Waals surface area contributed by atoms with Crippen LogP contribution in [0, 0.1) is 0 Å². The summed E-state index contributed by atoms with van der Waals surface area (Å²) in [6.07, 6.45) is 0.211. The molecule has 2 aliphatic carbocycles. The second-order valence-corrected chi connectivity index (χ2v) is 11.8. The number of carbonyl (C=O) groups excluding carboxylic acids is 3. The Morgan fingerprint density at radius 1 is 1.28 bits per heavy atom. The number of nitrogens with one attached hydrogen (secondary N) is 1. The number of hydrogen-bond acceptors (Lipinski definition) is 10. The summed E-state index contributed by atoms with van der Waals surface area (Å²) in [5, 5.41) is 25.3. The van der Waals surface area contributed by atoms with Crippen molar-refractivity contribution in [2.24, 2.45) is 0 Å². The second-order valence-electron chi connectivity index (χ2n) is 11.8. The molecule has 5 rings (SSSR count). The molecular weight excluding hydrogens is 508 g/mol. The molecule has 39 heavy (non-hydrogen) atoms. The van der Waals surface area contributed by atoms with E-state index in [1.165, 1.54) is 6.92 Å². The normalized spacial score (nSPS) is 29.3. The first kappa shape index (κ1) is 27.3. The van der Waals surface area contributed by atoms with Crippen molar-refractivity contribution >= 4 is 18.0 Å². The number of piperidine rings is 1. The largest absolute Gasteiger partial charge is 0.509 e. The van der Waals surface area contributed by atoms with Crippen LogP contribution < -0.4 is 10.1 Å². The lowest BCUT2D eigenvalue weighted by molar-refractivity contribution is -0.169. The Bertz CT molecular complexity index is 1240. The number of benzene rings is 1. The van der Waals surface area contributed by atoms with Gasteiger partial charge in [0.05, 0.1) is 17.4 Å². The zero-order valence-electron chi connectivity index (χ0n) is 22.9. The lowest BCUT2D eigenvalue weighted by atomic mass is 9.50. The van der Waals surface area contributed by atoms with E-state index in [2.05, 4.69) is 10.2 Å². The number of likely N-dealkylation sites (tertiary alicyclic amines) is 1. The van der Waals surface area contributed by atoms with Gasteiger partial charge in [-0.3, -0.25) is 9.59 Å². The highest BCUT2D eigenvalue weighted by Gasteiger charge is 2.72. The van der Waals surface area contributed by atoms with Crippen LogP contribution in [0.5, 0.6) is 11.5 Å². The average Bonchev–Trinajstić information content (AvgIpc) is 3.19. The minimum Gasteiger partial charge on any atom is -0.504 e. The van der Waals surface area contributed by atoms with Gasteiger partial charge in [0.15, 0.2) is 23.7 Å². The molecule has 2 heterocycles. The molecule has 11 heteroatoms. The van der Waals surface area contributed by atoms with Gasteiger partial charge in [-0.2, -0.15) is 0 Å². The molecule has 1 spiro atoms. The quantitative estimate of drug-likeness (QED) is 0.455. The molecule has 1 amide bonds. The summed E-state index contributed by atoms with van der Waals surface area (Å²) in [6, 6.07) is 3.34. The predicted octanol–water partition coefficient (Wildman–Crippen LogP) is 2.06. The molecule has 0 saturated carbocycles. The molecule has 0 aromatic heterocycles. The van der Waals surface area contributed by atoms with Crippen LogP contribution in [-0.2, 0) is 35.6 Å². The molecule has 1 aromatic rings. The lowest BCUT2D eigenvalue weighted by Crippen LogP contribution is -2.74. The second kappa shape index (κ2) is 9.41. The predicted molar refractivity (Wildman–Crippen MR) is 137 cm³/mol. The van der Waals surface area contributed by atoms with Crippen LogP contribution in [-0.4, -0.2) is 82.7 Å². The molecule has 3 N–H and O–H groups in total. The molecule has 0 radical (unpaired) electrons. The third-order valence-corrected chi connectivity index (χ3v) is 8.25. The van der Waals surface area contributed by atoms with Crippen molar-refractivity contribution in [3.05, 3.63) is 35.1 Å². The molecule has 2 bridgehead atoms. The smallest absolute Gasteiger partial charge is 0.504 e. The lowest BCUT2D eigenvalue weighted by Gasteiger charge is -2.61. The van der Waals surface area contributed by atoms with Crippen molar-refractivity contribution in [1.29, 1.82) is 0 Å². The van der Waals surface area contributed by atoms with Gasteiger partial charge in [-0.05, 0) is 71.8 Å². The van der Waals surface area contributed by atoms with Crippen molar-refractivity contribution in [2.45, 2.75) is 88.2 Å². The summed E-state index contributed by atoms with van der Waals surface area (Å²) in [7, 11) is 2.00. The van der Waals surface area contributed by atoms with Gasteiger partial charge in [0, 0.05) is 24.6 Å². The van der Waals surface area contributed by atoms with Gasteiger partial charge in [0.1, 0.15) is 11.4 Å². The van der Waals surface area contributed by atoms with Crippen LogP contribution in [0.15, 0.2) is 24.0 Å². The van der Waals surface area contributed by atoms with E-state index in [1.54, 1.807) is 32.9 Å². The molecule has 212 valence electrons. The molecular formula is C28H36N2O9. The molecule has 5 unspecified atom stereocenters. The number of nitrogens with zero attached hydrogens (tertiary/aromatic N) is 1. The first-order valence-corrected chi connectivity index (χ1v) is 13.3. The molecule has 1 saturated heterocycles. The standard InChI is InChI=1S/C28H36N2O9/c1-15(36-25(34)39-26(2,3)4)24(33)29-12-9-20(32)37-18-8-10-28(35)19-14-16-6-7-17(31)22-21(16)27(28,23(18)38-22)11-13-30(19)5/h6-8,15,19,23,31,35H,9-14H2,1-5H3,(H,29,33). The first-order chi connectivity index (χ1) is 18.3. The number of rotatable bonds is 6. The summed E-state index contributed by atoms with van der Waals surface area (Å²) in [5.74, 6) is -0.535. The fraction of sp³-hybridized carbons (Fsp3) is 0.607. The topological polar surface area (TPSA) is 144 Å². The van der Waals surface area contributed by atoms with Crippen molar-refractivity contribution in [1.82, 2.24) is 10.2 Å². The van der Waals surface area contributed by atoms with E-state index in [-0.39, 0.29) is 31.2 Å². The number of aromatic hydroxyl groups is 1. The Balaban J connectivity index is 1.25. The molecule has 1 fully saturated rings. The number of phenols is 1. The van der Waals surface area contributed by atoms with E-state index in [1.807, 2.05) is 13.1 Å². The number of hydrogen-bond donors (Lipinski definition) is 3. The highest BCUT2D eigenvalue weighted by molar-refractivity contribution is 5.83. The van der Waals surface area contributed by atoms with E-state index < -0.39 is 46.9 Å². The number of phenolic OH excluding ortho intramolecular Hbond substituents is 1. The number of ether oxygens (including phenoxy) is 4. The SMILES string of the molecule is CC(OC(=O)OC(C)(C)C)C(=O)NCCC(=O)OC1=CCC2(O)C3Cc4ccc(O)c5c4C2(CCN3C)C1O5. The van der Waals surface area contributed by atoms with Crippen LogP contribution in [0.2, 0.25) is 0 Å². The first-order valence-electron chi connectivity index (χ1n) is 13.3. The van der Waals surface area contributed by atoms with Crippen molar-refractivity contribution in [3.8, 4) is 11.5 Å². The fourth-order valence-corrected chi connectivity index (χ4v) is 6.52. The Hall–Kier alpha value is -3.31. The van der Waals surface area contributed by atoms with E-state index in [0.717, 1.165) is 17.7 Å². The van der Waals surface area contributed by atoms with Crippen molar-refractivity contribution < 1.29 is 43.5 Å². The number of aliphatic hydroxyl groups is 1. The van der Waals surface area contributed by atoms with Crippen molar-refractivity contribution in [3.63, 3.8) is 0 Å². The number of esters is 1. The third-order valence-electron chi connectivity index (χ3n) is 8.25. The summed E-state index contributed by atoms with van der Waals surface area (Å²) in [6.45, 7) is 7.14. The summed E-state index contributed by atoms with van der Waals surface area (Å²) < 4.78 is 22.0. The minimum atomic E-state index is -1.15. The van der Waals surface area contributed by atoms with Crippen LogP contribution >= 0.6 is 0 Å². The maximum Gasteiger partial charge on any atom is 0.509 e. The summed E-state index contributed by atoms with van der Waals surface area (Å²) in [5.41, 5.74) is -0.919. The van der Waals surface area contributed by atoms with Crippen LogP contribution in [0.3, 0.4) is 0 Å². The average molecular weight is 545 g/mol. The Morgan fingerprint density at radius 2 is 2.03 bits per heavy atom. The molecule has 1 aromatic carbocycles. The monoisotopic (exact) mass is 544 g/mol. The molecule has 2 aliphatic heterocycles. The van der Waals surface area contributed by atoms with Gasteiger partial charge in [-0.25, -0.2) is 4.79 Å². The Kier molecular flexibility index (Phi) is 6.58. The number of amides is 1. The zero-order chi connectivity index (χ0) is 28.3. The Morgan fingerprint density at radius 3 is 2.74 bits per heavy atom. The minimum absolute atomic E-state index is 0.00615. The maximum atomic E-state index is 12.8. The van der Waals surface area contributed by atoms with Crippen LogP contribution in [0.1, 0.15) is 58.1 Å². The van der Waals surface area contributed by atoms with Gasteiger partial charge in [0.2, 0.25) is 0 Å². The van der Waals surface area contributed by atoms with E-state index >= 15 is 0 Å². The summed E-state index contributed by atoms with van der Waals surface area (Å²) in [4.78, 5) is 39.0. The van der Waals surface area contributed by atoms with Crippen molar-refractivity contribution in [2.75, 3.05) is 20.1 Å². The molecule has 4 aliphatic rings. The van der Waals surface area contributed by atoms with Crippen LogP contribution in [0.4, 0.5) is 4.79 Å².